The molecule has 0 aliphatic rings. The van der Waals surface area contributed by atoms with E-state index in [1.165, 1.54) is 0 Å². The highest BCUT2D eigenvalue weighted by Crippen LogP contribution is 2.06. The second-order valence-electron chi connectivity index (χ2n) is 4.38. The van der Waals surface area contributed by atoms with Gasteiger partial charge in [-0.25, -0.2) is 9.63 Å². The molecular weight excluding hydrogens is 324 g/mol. The summed E-state index contributed by atoms with van der Waals surface area (Å²) in [5.74, 6) is -0.377. The monoisotopic (exact) mass is 340 g/mol. The van der Waals surface area contributed by atoms with Crippen molar-refractivity contribution in [3.8, 4) is 0 Å². The lowest BCUT2D eigenvalue weighted by atomic mass is 10.1. The normalized spacial score (nSPS) is 11.3. The zero-order valence-corrected chi connectivity index (χ0v) is 13.3. The quantitative estimate of drug-likeness (QED) is 0.466. The molecule has 0 bridgehead atoms. The van der Waals surface area contributed by atoms with Crippen molar-refractivity contribution in [3.05, 3.63) is 30.1 Å². The van der Waals surface area contributed by atoms with Gasteiger partial charge in [-0.2, -0.15) is 8.42 Å². The van der Waals surface area contributed by atoms with E-state index in [1.807, 2.05) is 13.8 Å². The van der Waals surface area contributed by atoms with Crippen LogP contribution in [-0.2, 0) is 19.3 Å². The third-order valence-corrected chi connectivity index (χ3v) is 2.88. The first-order valence-electron chi connectivity index (χ1n) is 5.59. The Morgan fingerprint density at radius 2 is 1.90 bits per heavy atom. The molecule has 21 heavy (non-hydrogen) atoms. The molecule has 0 fully saturated rings. The van der Waals surface area contributed by atoms with E-state index in [1.54, 1.807) is 24.5 Å². The molecule has 0 saturated heterocycles. The molecule has 1 rings (SSSR count). The lowest BCUT2D eigenvalue weighted by molar-refractivity contribution is 0.0421. The summed E-state index contributed by atoms with van der Waals surface area (Å²) in [6.07, 6.45) is 3.09. The zero-order valence-electron chi connectivity index (χ0n) is 11.7. The van der Waals surface area contributed by atoms with Gasteiger partial charge in [0.1, 0.15) is 6.61 Å². The number of carbonyl (C=O) groups excluding carboxylic acids is 1. The van der Waals surface area contributed by atoms with Gasteiger partial charge >= 0.3 is 16.4 Å². The van der Waals surface area contributed by atoms with E-state index in [0.29, 0.717) is 5.56 Å². The second kappa shape index (κ2) is 8.90. The molecule has 2 N–H and O–H groups in total. The SMILES string of the molecule is CC(C)(COC(=O)c1ccncc1)NCl.COS(=O)(=O)O. The fourth-order valence-electron chi connectivity index (χ4n) is 0.845. The van der Waals surface area contributed by atoms with Gasteiger partial charge in [0.15, 0.2) is 0 Å². The molecule has 10 heteroatoms. The van der Waals surface area contributed by atoms with Crippen LogP contribution in [-0.4, -0.2) is 43.2 Å². The summed E-state index contributed by atoms with van der Waals surface area (Å²) in [6.45, 7) is 3.87. The number of hydrogen-bond donors (Lipinski definition) is 2. The van der Waals surface area contributed by atoms with E-state index < -0.39 is 15.9 Å². The molecule has 1 aromatic rings. The number of ether oxygens (including phenoxy) is 1. The van der Waals surface area contributed by atoms with E-state index in [2.05, 4.69) is 14.0 Å². The molecule has 8 nitrogen and oxygen atoms in total. The summed E-state index contributed by atoms with van der Waals surface area (Å²) < 4.78 is 34.8. The van der Waals surface area contributed by atoms with Gasteiger partial charge in [-0.05, 0) is 37.8 Å². The summed E-state index contributed by atoms with van der Waals surface area (Å²) >= 11 is 5.47. The Hall–Kier alpha value is -1.26. The van der Waals surface area contributed by atoms with E-state index in [0.717, 1.165) is 7.11 Å². The minimum Gasteiger partial charge on any atom is -0.460 e. The number of esters is 1. The number of carbonyl (C=O) groups is 1. The van der Waals surface area contributed by atoms with E-state index in [9.17, 15) is 13.2 Å². The topological polar surface area (TPSA) is 115 Å². The number of aromatic nitrogens is 1. The van der Waals surface area contributed by atoms with Crippen molar-refractivity contribution in [1.82, 2.24) is 9.82 Å². The van der Waals surface area contributed by atoms with E-state index in [-0.39, 0.29) is 12.6 Å². The average molecular weight is 341 g/mol. The molecule has 120 valence electrons. The fraction of sp³-hybridized carbons (Fsp3) is 0.455. The van der Waals surface area contributed by atoms with Gasteiger partial charge in [-0.1, -0.05) is 0 Å². The number of nitrogens with zero attached hydrogens (tertiary/aromatic N) is 1. The lowest BCUT2D eigenvalue weighted by Crippen LogP contribution is -2.38. The van der Waals surface area contributed by atoms with Gasteiger partial charge in [0, 0.05) is 12.4 Å². The third kappa shape index (κ3) is 10.2. The predicted octanol–water partition coefficient (Wildman–Crippen LogP) is 1.20. The van der Waals surface area contributed by atoms with Crippen LogP contribution in [0.4, 0.5) is 0 Å². The summed E-state index contributed by atoms with van der Waals surface area (Å²) in [7, 11) is -3.29. The fourth-order valence-corrected chi connectivity index (χ4v) is 0.899. The summed E-state index contributed by atoms with van der Waals surface area (Å²) in [6, 6.07) is 3.20. The maximum Gasteiger partial charge on any atom is 0.397 e. The third-order valence-electron chi connectivity index (χ3n) is 1.95. The van der Waals surface area contributed by atoms with Crippen LogP contribution in [0.15, 0.2) is 24.5 Å². The molecule has 1 heterocycles. The molecule has 0 unspecified atom stereocenters. The van der Waals surface area contributed by atoms with Crippen molar-refractivity contribution in [2.75, 3.05) is 13.7 Å². The average Bonchev–Trinajstić information content (AvgIpc) is 2.46. The van der Waals surface area contributed by atoms with Gasteiger partial charge in [0.25, 0.3) is 0 Å². The first-order valence-corrected chi connectivity index (χ1v) is 7.33. The number of pyridine rings is 1. The van der Waals surface area contributed by atoms with Crippen molar-refractivity contribution in [1.29, 1.82) is 0 Å². The molecular formula is C11H17ClN2O6S. The summed E-state index contributed by atoms with van der Waals surface area (Å²) in [5, 5.41) is 0. The van der Waals surface area contributed by atoms with Crippen LogP contribution >= 0.6 is 11.8 Å². The molecule has 0 aromatic carbocycles. The highest BCUT2D eigenvalue weighted by molar-refractivity contribution is 7.80. The van der Waals surface area contributed by atoms with Gasteiger partial charge in [-0.15, -0.1) is 0 Å². The van der Waals surface area contributed by atoms with Crippen molar-refractivity contribution < 1.29 is 26.7 Å². The Bertz CT molecular complexity index is 535. The smallest absolute Gasteiger partial charge is 0.397 e. The Labute approximate surface area is 128 Å². The standard InChI is InChI=1S/C10H13ClN2O2.CH4O4S/c1-10(2,13-11)7-15-9(14)8-3-5-12-6-4-8;1-5-6(2,3)4/h3-6,13H,7H2,1-2H3;1H3,(H,2,3,4). The Kier molecular flexibility index (Phi) is 8.37. The van der Waals surface area contributed by atoms with Crippen LogP contribution in [0.2, 0.25) is 0 Å². The summed E-state index contributed by atoms with van der Waals surface area (Å²) in [5.41, 5.74) is 0.0416. The number of rotatable bonds is 5. The number of halogens is 1. The zero-order chi connectivity index (χ0) is 16.5. The lowest BCUT2D eigenvalue weighted by Gasteiger charge is -2.21. The highest BCUT2D eigenvalue weighted by Gasteiger charge is 2.19. The van der Waals surface area contributed by atoms with Crippen LogP contribution in [0.5, 0.6) is 0 Å². The Morgan fingerprint density at radius 3 is 2.29 bits per heavy atom. The molecule has 0 aliphatic carbocycles. The van der Waals surface area contributed by atoms with Gasteiger partial charge in [-0.3, -0.25) is 13.7 Å². The van der Waals surface area contributed by atoms with E-state index >= 15 is 0 Å². The van der Waals surface area contributed by atoms with Gasteiger partial charge < -0.3 is 4.74 Å². The van der Waals surface area contributed by atoms with Crippen LogP contribution in [0, 0.1) is 0 Å². The van der Waals surface area contributed by atoms with Gasteiger partial charge in [0.2, 0.25) is 0 Å². The number of hydrogen-bond acceptors (Lipinski definition) is 7. The van der Waals surface area contributed by atoms with Crippen molar-refractivity contribution >= 4 is 28.1 Å². The van der Waals surface area contributed by atoms with E-state index in [4.69, 9.17) is 21.1 Å². The van der Waals surface area contributed by atoms with Crippen LogP contribution < -0.4 is 4.84 Å². The van der Waals surface area contributed by atoms with Gasteiger partial charge in [0.05, 0.1) is 18.2 Å². The second-order valence-corrected chi connectivity index (χ2v) is 5.76. The molecule has 0 spiro atoms. The molecule has 0 amide bonds. The van der Waals surface area contributed by atoms with Crippen LogP contribution in [0.3, 0.4) is 0 Å². The maximum absolute atomic E-state index is 11.5. The van der Waals surface area contributed by atoms with Crippen LogP contribution in [0.1, 0.15) is 24.2 Å². The van der Waals surface area contributed by atoms with Crippen LogP contribution in [0.25, 0.3) is 0 Å². The first kappa shape index (κ1) is 19.7. The molecule has 0 radical (unpaired) electrons. The number of nitrogens with one attached hydrogen (secondary N) is 1. The molecule has 0 saturated carbocycles. The predicted molar refractivity (Wildman–Crippen MR) is 76.1 cm³/mol. The van der Waals surface area contributed by atoms with Crippen molar-refractivity contribution in [2.24, 2.45) is 0 Å². The minimum absolute atomic E-state index is 0.206. The minimum atomic E-state index is -4.16. The Balaban J connectivity index is 0.000000567. The summed E-state index contributed by atoms with van der Waals surface area (Å²) in [4.78, 5) is 17.8. The molecule has 0 atom stereocenters. The molecule has 1 aromatic heterocycles. The highest BCUT2D eigenvalue weighted by atomic mass is 35.5. The van der Waals surface area contributed by atoms with Crippen molar-refractivity contribution in [3.63, 3.8) is 0 Å². The maximum atomic E-state index is 11.5. The Morgan fingerprint density at radius 1 is 1.43 bits per heavy atom. The van der Waals surface area contributed by atoms with Crippen molar-refractivity contribution in [2.45, 2.75) is 19.4 Å². The molecule has 0 aliphatic heterocycles. The first-order chi connectivity index (χ1) is 9.61. The largest absolute Gasteiger partial charge is 0.460 e.